The van der Waals surface area contributed by atoms with E-state index in [1.54, 1.807) is 24.3 Å². The molecule has 5 heteroatoms. The van der Waals surface area contributed by atoms with E-state index >= 15 is 0 Å². The average molecular weight is 408 g/mol. The molecule has 1 aliphatic carbocycles. The van der Waals surface area contributed by atoms with E-state index < -0.39 is 0 Å². The Kier molecular flexibility index (Phi) is 4.71. The first kappa shape index (κ1) is 19.0. The highest BCUT2D eigenvalue weighted by Crippen LogP contribution is 2.28. The molecule has 0 amide bonds. The van der Waals surface area contributed by atoms with Gasteiger partial charge in [0, 0.05) is 33.3 Å². The monoisotopic (exact) mass is 408 g/mol. The Bertz CT molecular complexity index is 1410. The molecule has 5 rings (SSSR count). The van der Waals surface area contributed by atoms with Crippen LogP contribution in [0.5, 0.6) is 0 Å². The second kappa shape index (κ2) is 7.69. The van der Waals surface area contributed by atoms with Crippen molar-refractivity contribution in [2.24, 2.45) is 0 Å². The number of aromatic amines is 2. The van der Waals surface area contributed by atoms with Gasteiger partial charge in [-0.25, -0.2) is 0 Å². The SMILES string of the molecule is O=C1/C(=C/c2cc3ccccc3[nH]c2=O)CCC/C1=C\c1cc2ccccc2[nH]c1=O. The number of carbonyl (C=O) groups excluding carboxylic acids is 1. The molecule has 0 unspecified atom stereocenters. The highest BCUT2D eigenvalue weighted by atomic mass is 16.1. The second-order valence-electron chi connectivity index (χ2n) is 7.80. The highest BCUT2D eigenvalue weighted by molar-refractivity contribution is 6.14. The fourth-order valence-corrected chi connectivity index (χ4v) is 4.10. The lowest BCUT2D eigenvalue weighted by atomic mass is 9.87. The van der Waals surface area contributed by atoms with E-state index in [-0.39, 0.29) is 16.9 Å². The van der Waals surface area contributed by atoms with E-state index in [0.29, 0.717) is 35.1 Å². The molecule has 31 heavy (non-hydrogen) atoms. The zero-order valence-corrected chi connectivity index (χ0v) is 16.8. The van der Waals surface area contributed by atoms with Gasteiger partial charge in [0.15, 0.2) is 5.78 Å². The summed E-state index contributed by atoms with van der Waals surface area (Å²) in [6, 6.07) is 18.7. The van der Waals surface area contributed by atoms with Crippen molar-refractivity contribution in [3.05, 3.63) is 104 Å². The maximum Gasteiger partial charge on any atom is 0.255 e. The van der Waals surface area contributed by atoms with Crippen molar-refractivity contribution in [3.63, 3.8) is 0 Å². The lowest BCUT2D eigenvalue weighted by Gasteiger charge is -2.16. The van der Waals surface area contributed by atoms with Crippen LogP contribution in [0.15, 0.2) is 81.4 Å². The molecule has 1 saturated carbocycles. The van der Waals surface area contributed by atoms with Gasteiger partial charge in [0.25, 0.3) is 11.1 Å². The van der Waals surface area contributed by atoms with Crippen LogP contribution in [-0.2, 0) is 4.79 Å². The molecule has 0 bridgehead atoms. The molecule has 2 N–H and O–H groups in total. The van der Waals surface area contributed by atoms with Crippen LogP contribution in [-0.4, -0.2) is 15.8 Å². The van der Waals surface area contributed by atoms with Gasteiger partial charge in [-0.15, -0.1) is 0 Å². The van der Waals surface area contributed by atoms with E-state index in [1.165, 1.54) is 0 Å². The third-order valence-corrected chi connectivity index (χ3v) is 5.70. The van der Waals surface area contributed by atoms with E-state index in [4.69, 9.17) is 0 Å². The molecule has 2 heterocycles. The number of benzene rings is 2. The minimum absolute atomic E-state index is 0.105. The number of rotatable bonds is 2. The molecular weight excluding hydrogens is 388 g/mol. The van der Waals surface area contributed by atoms with E-state index in [2.05, 4.69) is 9.97 Å². The Morgan fingerprint density at radius 1 is 0.645 bits per heavy atom. The zero-order valence-electron chi connectivity index (χ0n) is 16.8. The summed E-state index contributed by atoms with van der Waals surface area (Å²) in [7, 11) is 0. The van der Waals surface area contributed by atoms with Gasteiger partial charge in [0.05, 0.1) is 0 Å². The molecule has 5 nitrogen and oxygen atoms in total. The van der Waals surface area contributed by atoms with Crippen molar-refractivity contribution in [2.75, 3.05) is 0 Å². The van der Waals surface area contributed by atoms with Gasteiger partial charge in [0.2, 0.25) is 0 Å². The molecule has 2 aromatic heterocycles. The Hall–Kier alpha value is -3.99. The van der Waals surface area contributed by atoms with Crippen molar-refractivity contribution in [1.29, 1.82) is 0 Å². The molecule has 0 aliphatic heterocycles. The van der Waals surface area contributed by atoms with Gasteiger partial charge in [0.1, 0.15) is 0 Å². The molecular formula is C26H20N2O3. The van der Waals surface area contributed by atoms with Crippen LogP contribution in [0.4, 0.5) is 0 Å². The summed E-state index contributed by atoms with van der Waals surface area (Å²) < 4.78 is 0. The van der Waals surface area contributed by atoms with Gasteiger partial charge < -0.3 is 9.97 Å². The third kappa shape index (κ3) is 3.66. The molecule has 2 aromatic carbocycles. The number of fused-ring (bicyclic) bond motifs is 2. The summed E-state index contributed by atoms with van der Waals surface area (Å²) >= 11 is 0. The molecule has 1 fully saturated rings. The normalized spacial score (nSPS) is 17.1. The number of aromatic nitrogens is 2. The Morgan fingerprint density at radius 2 is 1.10 bits per heavy atom. The largest absolute Gasteiger partial charge is 0.321 e. The van der Waals surface area contributed by atoms with Crippen LogP contribution < -0.4 is 11.1 Å². The molecule has 1 aliphatic rings. The highest BCUT2D eigenvalue weighted by Gasteiger charge is 2.21. The maximum atomic E-state index is 13.1. The van der Waals surface area contributed by atoms with Crippen LogP contribution >= 0.6 is 0 Å². The van der Waals surface area contributed by atoms with Gasteiger partial charge in [-0.2, -0.15) is 0 Å². The molecule has 0 saturated heterocycles. The number of pyridine rings is 2. The maximum absolute atomic E-state index is 13.1. The minimum atomic E-state index is -0.221. The van der Waals surface area contributed by atoms with E-state index in [1.807, 2.05) is 48.5 Å². The predicted molar refractivity (Wildman–Crippen MR) is 124 cm³/mol. The average Bonchev–Trinajstić information content (AvgIpc) is 2.77. The van der Waals surface area contributed by atoms with Gasteiger partial charge in [-0.3, -0.25) is 14.4 Å². The number of hydrogen-bond donors (Lipinski definition) is 2. The second-order valence-corrected chi connectivity index (χ2v) is 7.80. The number of para-hydroxylation sites is 2. The summed E-state index contributed by atoms with van der Waals surface area (Å²) in [5.41, 5.74) is 3.20. The van der Waals surface area contributed by atoms with Crippen LogP contribution in [0.1, 0.15) is 30.4 Å². The number of ketones is 1. The summed E-state index contributed by atoms with van der Waals surface area (Å²) in [6.45, 7) is 0. The van der Waals surface area contributed by atoms with Gasteiger partial charge >= 0.3 is 0 Å². The van der Waals surface area contributed by atoms with E-state index in [0.717, 1.165) is 28.2 Å². The minimum Gasteiger partial charge on any atom is -0.321 e. The standard InChI is InChI=1S/C26H20N2O3/c29-24-18(14-20-12-16-6-1-3-10-22(16)27-25(20)30)8-5-9-19(24)15-21-13-17-7-2-4-11-23(17)28-26(21)31/h1-4,6-7,10-15H,5,8-9H2,(H,27,30)(H,28,31)/b18-14+,19-15+. The van der Waals surface area contributed by atoms with Gasteiger partial charge in [-0.05, 0) is 66.5 Å². The van der Waals surface area contributed by atoms with Crippen LogP contribution in [0.3, 0.4) is 0 Å². The smallest absolute Gasteiger partial charge is 0.255 e. The van der Waals surface area contributed by atoms with Crippen molar-refractivity contribution in [3.8, 4) is 0 Å². The summed E-state index contributed by atoms with van der Waals surface area (Å²) in [6.07, 6.45) is 5.38. The quantitative estimate of drug-likeness (QED) is 0.476. The first-order valence-electron chi connectivity index (χ1n) is 10.3. The first-order valence-corrected chi connectivity index (χ1v) is 10.3. The Balaban J connectivity index is 1.53. The van der Waals surface area contributed by atoms with Crippen molar-refractivity contribution < 1.29 is 4.79 Å². The van der Waals surface area contributed by atoms with Crippen LogP contribution in [0.2, 0.25) is 0 Å². The third-order valence-electron chi connectivity index (χ3n) is 5.70. The molecule has 4 aromatic rings. The zero-order chi connectivity index (χ0) is 21.4. The van der Waals surface area contributed by atoms with Crippen LogP contribution in [0.25, 0.3) is 34.0 Å². The summed E-state index contributed by atoms with van der Waals surface area (Å²) in [4.78, 5) is 43.8. The number of nitrogens with one attached hydrogen (secondary N) is 2. The first-order chi connectivity index (χ1) is 15.1. The molecule has 152 valence electrons. The van der Waals surface area contributed by atoms with Crippen LogP contribution in [0, 0.1) is 0 Å². The number of allylic oxidation sites excluding steroid dienone is 2. The van der Waals surface area contributed by atoms with Crippen molar-refractivity contribution >= 4 is 39.7 Å². The van der Waals surface area contributed by atoms with E-state index in [9.17, 15) is 14.4 Å². The number of Topliss-reactive ketones (excluding diaryl/α,β-unsaturated/α-hetero) is 1. The summed E-state index contributed by atoms with van der Waals surface area (Å²) in [5, 5.41) is 1.83. The molecule has 0 atom stereocenters. The number of carbonyl (C=O) groups is 1. The fourth-order valence-electron chi connectivity index (χ4n) is 4.10. The topological polar surface area (TPSA) is 82.8 Å². The van der Waals surface area contributed by atoms with Crippen molar-refractivity contribution in [1.82, 2.24) is 9.97 Å². The van der Waals surface area contributed by atoms with Crippen molar-refractivity contribution in [2.45, 2.75) is 19.3 Å². The lowest BCUT2D eigenvalue weighted by molar-refractivity contribution is -0.112. The van der Waals surface area contributed by atoms with Gasteiger partial charge in [-0.1, -0.05) is 36.4 Å². The number of H-pyrrole nitrogens is 2. The predicted octanol–water partition coefficient (Wildman–Crippen LogP) is 4.59. The molecule has 0 spiro atoms. The Morgan fingerprint density at radius 3 is 1.58 bits per heavy atom. The Labute approximate surface area is 177 Å². The lowest BCUT2D eigenvalue weighted by Crippen LogP contribution is -2.16. The number of hydrogen-bond acceptors (Lipinski definition) is 3. The fraction of sp³-hybridized carbons (Fsp3) is 0.115. The molecule has 0 radical (unpaired) electrons. The summed E-state index contributed by atoms with van der Waals surface area (Å²) in [5.74, 6) is -0.105.